The summed E-state index contributed by atoms with van der Waals surface area (Å²) < 4.78 is 6.77. The molecule has 7 heteroatoms. The molecule has 0 unspecified atom stereocenters. The Balaban J connectivity index is 1.85. The molecule has 3 rings (SSSR count). The summed E-state index contributed by atoms with van der Waals surface area (Å²) in [6, 6.07) is 16.6. The fraction of sp³-hybridized carbons (Fsp3) is 0.111. The van der Waals surface area contributed by atoms with Gasteiger partial charge < -0.3 is 4.74 Å². The first-order valence-electron chi connectivity index (χ1n) is 7.57. The van der Waals surface area contributed by atoms with Gasteiger partial charge in [-0.1, -0.05) is 54.1 Å². The zero-order valence-corrected chi connectivity index (χ0v) is 14.2. The lowest BCUT2D eigenvalue weighted by Gasteiger charge is -2.09. The summed E-state index contributed by atoms with van der Waals surface area (Å²) in [5, 5.41) is 11.9. The molecule has 0 radical (unpaired) electrons. The lowest BCUT2D eigenvalue weighted by molar-refractivity contribution is -0.138. The maximum Gasteiger partial charge on any atom is 0.357 e. The minimum absolute atomic E-state index is 0.104. The Morgan fingerprint density at radius 2 is 2.00 bits per heavy atom. The third-order valence-electron chi connectivity index (χ3n) is 3.42. The van der Waals surface area contributed by atoms with Gasteiger partial charge in [0.2, 0.25) is 0 Å². The summed E-state index contributed by atoms with van der Waals surface area (Å²) in [5.74, 6) is -0.0406. The largest absolute Gasteiger partial charge is 0.456 e. The number of carbonyl (C=O) groups is 1. The highest BCUT2D eigenvalue weighted by Gasteiger charge is 2.18. The van der Waals surface area contributed by atoms with E-state index in [-0.39, 0.29) is 12.3 Å². The van der Waals surface area contributed by atoms with Crippen LogP contribution in [0.15, 0.2) is 54.6 Å². The highest BCUT2D eigenvalue weighted by atomic mass is 35.5. The number of hydrogen-bond donors (Lipinski definition) is 0. The average molecular weight is 355 g/mol. The molecule has 25 heavy (non-hydrogen) atoms. The molecule has 0 atom stereocenters. The maximum atomic E-state index is 12.6. The van der Waals surface area contributed by atoms with Crippen LogP contribution < -0.4 is 0 Å². The Morgan fingerprint density at radius 1 is 1.20 bits per heavy atom. The first-order valence-corrected chi connectivity index (χ1v) is 7.95. The fourth-order valence-electron chi connectivity index (χ4n) is 2.22. The monoisotopic (exact) mass is 354 g/mol. The molecule has 2 aromatic carbocycles. The van der Waals surface area contributed by atoms with Crippen LogP contribution in [0.25, 0.3) is 11.8 Å². The van der Waals surface area contributed by atoms with E-state index in [9.17, 15) is 4.79 Å². The third kappa shape index (κ3) is 4.30. The van der Waals surface area contributed by atoms with Crippen LogP contribution in [0.1, 0.15) is 17.0 Å². The van der Waals surface area contributed by atoms with Gasteiger partial charge in [0.25, 0.3) is 0 Å². The first kappa shape index (κ1) is 16.9. The molecule has 126 valence electrons. The van der Waals surface area contributed by atoms with Crippen LogP contribution in [0.4, 0.5) is 0 Å². The molecule has 0 aliphatic carbocycles. The normalized spacial score (nSPS) is 11.4. The van der Waals surface area contributed by atoms with Crippen LogP contribution in [0.3, 0.4) is 0 Å². The zero-order chi connectivity index (χ0) is 17.6. The number of benzene rings is 2. The molecular weight excluding hydrogens is 340 g/mol. The predicted molar refractivity (Wildman–Crippen MR) is 94.4 cm³/mol. The van der Waals surface area contributed by atoms with E-state index < -0.39 is 5.97 Å². The van der Waals surface area contributed by atoms with Crippen molar-refractivity contribution in [3.63, 3.8) is 0 Å². The average Bonchev–Trinajstić information content (AvgIpc) is 3.04. The summed E-state index contributed by atoms with van der Waals surface area (Å²) >= 11 is 5.95. The van der Waals surface area contributed by atoms with Crippen LogP contribution in [0.5, 0.6) is 0 Å². The van der Waals surface area contributed by atoms with Crippen molar-refractivity contribution in [3.8, 4) is 0 Å². The highest BCUT2D eigenvalue weighted by molar-refractivity contribution is 6.30. The quantitative estimate of drug-likeness (QED) is 0.519. The molecule has 6 nitrogen and oxygen atoms in total. The number of rotatable bonds is 5. The van der Waals surface area contributed by atoms with Gasteiger partial charge in [0.15, 0.2) is 11.5 Å². The second kappa shape index (κ2) is 7.72. The van der Waals surface area contributed by atoms with E-state index in [0.717, 1.165) is 11.1 Å². The third-order valence-corrected chi connectivity index (χ3v) is 3.66. The highest BCUT2D eigenvalue weighted by Crippen LogP contribution is 2.16. The van der Waals surface area contributed by atoms with Crippen molar-refractivity contribution < 1.29 is 9.53 Å². The van der Waals surface area contributed by atoms with Gasteiger partial charge >= 0.3 is 5.97 Å². The summed E-state index contributed by atoms with van der Waals surface area (Å²) in [6.07, 6.45) is 1.68. The number of halogens is 1. The summed E-state index contributed by atoms with van der Waals surface area (Å²) in [6.45, 7) is 1.82. The summed E-state index contributed by atoms with van der Waals surface area (Å²) in [7, 11) is 0. The van der Waals surface area contributed by atoms with Gasteiger partial charge in [-0.05, 0) is 46.7 Å². The smallest absolute Gasteiger partial charge is 0.357 e. The van der Waals surface area contributed by atoms with Crippen LogP contribution in [0, 0.1) is 6.92 Å². The minimum atomic E-state index is -0.528. The van der Waals surface area contributed by atoms with Gasteiger partial charge in [0, 0.05) is 5.02 Å². The van der Waals surface area contributed by atoms with Crippen molar-refractivity contribution in [2.24, 2.45) is 0 Å². The molecule has 0 N–H and O–H groups in total. The van der Waals surface area contributed by atoms with Crippen molar-refractivity contribution in [1.29, 1.82) is 0 Å². The van der Waals surface area contributed by atoms with E-state index >= 15 is 0 Å². The molecule has 3 aromatic rings. The van der Waals surface area contributed by atoms with Crippen LogP contribution in [0.2, 0.25) is 5.02 Å². The van der Waals surface area contributed by atoms with Gasteiger partial charge in [-0.15, -0.1) is 5.10 Å². The molecule has 0 fully saturated rings. The number of tetrazole rings is 1. The lowest BCUT2D eigenvalue weighted by atomic mass is 10.2. The van der Waals surface area contributed by atoms with E-state index in [4.69, 9.17) is 16.3 Å². The Morgan fingerprint density at radius 3 is 2.68 bits per heavy atom. The van der Waals surface area contributed by atoms with Gasteiger partial charge in [-0.25, -0.2) is 4.79 Å². The molecule has 0 aliphatic heterocycles. The molecule has 0 amide bonds. The van der Waals surface area contributed by atoms with E-state index in [2.05, 4.69) is 15.5 Å². The fourth-order valence-corrected chi connectivity index (χ4v) is 2.43. The van der Waals surface area contributed by atoms with Crippen molar-refractivity contribution in [1.82, 2.24) is 20.2 Å². The van der Waals surface area contributed by atoms with Crippen LogP contribution in [-0.2, 0) is 16.1 Å². The van der Waals surface area contributed by atoms with Gasteiger partial charge in [-0.3, -0.25) is 0 Å². The Hall–Kier alpha value is -2.99. The second-order valence-corrected chi connectivity index (χ2v) is 5.72. The molecule has 0 saturated carbocycles. The number of nitrogens with zero attached hydrogens (tertiary/aromatic N) is 4. The topological polar surface area (TPSA) is 69.9 Å². The number of carbonyl (C=O) groups excluding carboxylic acids is 1. The number of aromatic nitrogens is 4. The van der Waals surface area contributed by atoms with Crippen molar-refractivity contribution in [2.45, 2.75) is 13.5 Å². The predicted octanol–water partition coefficient (Wildman–Crippen LogP) is 3.38. The maximum absolute atomic E-state index is 12.6. The number of esters is 1. The summed E-state index contributed by atoms with van der Waals surface area (Å²) in [5.41, 5.74) is 1.87. The van der Waals surface area contributed by atoms with Crippen molar-refractivity contribution in [3.05, 3.63) is 76.6 Å². The number of ether oxygens (including phenoxy) is 1. The van der Waals surface area contributed by atoms with E-state index in [0.29, 0.717) is 10.8 Å². The van der Waals surface area contributed by atoms with E-state index in [1.165, 1.54) is 4.68 Å². The lowest BCUT2D eigenvalue weighted by Crippen LogP contribution is -2.15. The summed E-state index contributed by atoms with van der Waals surface area (Å²) in [4.78, 5) is 12.6. The van der Waals surface area contributed by atoms with E-state index in [1.807, 2.05) is 36.4 Å². The van der Waals surface area contributed by atoms with Gasteiger partial charge in [0.1, 0.15) is 6.61 Å². The molecule has 0 aliphatic rings. The molecule has 1 heterocycles. The van der Waals surface area contributed by atoms with E-state index in [1.54, 1.807) is 31.2 Å². The Kier molecular flexibility index (Phi) is 5.20. The zero-order valence-electron chi connectivity index (χ0n) is 13.5. The Labute approximate surface area is 149 Å². The molecular formula is C18H15ClN4O2. The molecule has 0 spiro atoms. The number of hydrogen-bond acceptors (Lipinski definition) is 5. The SMILES string of the molecule is Cc1nnnn1C(=Cc1ccccc1)C(=O)OCc1cccc(Cl)c1. The number of aryl methyl sites for hydroxylation is 1. The minimum Gasteiger partial charge on any atom is -0.456 e. The Bertz CT molecular complexity index is 906. The van der Waals surface area contributed by atoms with Gasteiger partial charge in [0.05, 0.1) is 0 Å². The molecule has 1 aromatic heterocycles. The second-order valence-electron chi connectivity index (χ2n) is 5.28. The van der Waals surface area contributed by atoms with Crippen LogP contribution >= 0.6 is 11.6 Å². The van der Waals surface area contributed by atoms with Crippen molar-refractivity contribution >= 4 is 29.3 Å². The molecule has 0 saturated heterocycles. The molecule has 0 bridgehead atoms. The van der Waals surface area contributed by atoms with Crippen molar-refractivity contribution in [2.75, 3.05) is 0 Å². The van der Waals surface area contributed by atoms with Crippen LogP contribution in [-0.4, -0.2) is 26.2 Å². The first-order chi connectivity index (χ1) is 12.1. The van der Waals surface area contributed by atoms with Gasteiger partial charge in [-0.2, -0.15) is 4.68 Å². The standard InChI is InChI=1S/C18H15ClN4O2/c1-13-20-21-22-23(13)17(11-14-6-3-2-4-7-14)18(24)25-12-15-8-5-9-16(19)10-15/h2-11H,12H2,1H3.